The number of carbonyl (C=O) groups excluding carboxylic acids is 1. The van der Waals surface area contributed by atoms with E-state index >= 15 is 0 Å². The van der Waals surface area contributed by atoms with Crippen LogP contribution in [0.25, 0.3) is 22.2 Å². The molecular weight excluding hydrogens is 372 g/mol. The monoisotopic (exact) mass is 396 g/mol. The number of hydrogen-bond donors (Lipinski definition) is 2. The van der Waals surface area contributed by atoms with Crippen LogP contribution in [0.3, 0.4) is 0 Å². The Kier molecular flexibility index (Phi) is 4.71. The number of nitrogens with one attached hydrogen (secondary N) is 1. The highest BCUT2D eigenvalue weighted by atomic mass is 16.2. The van der Waals surface area contributed by atoms with E-state index in [1.54, 1.807) is 0 Å². The molecule has 150 valence electrons. The molecule has 1 saturated heterocycles. The number of anilines is 1. The molecule has 30 heavy (non-hydrogen) atoms. The summed E-state index contributed by atoms with van der Waals surface area (Å²) in [6, 6.07) is 24.0. The molecule has 0 unspecified atom stereocenters. The summed E-state index contributed by atoms with van der Waals surface area (Å²) in [7, 11) is 0. The summed E-state index contributed by atoms with van der Waals surface area (Å²) in [6.07, 6.45) is 2.36. The first-order valence-corrected chi connectivity index (χ1v) is 10.4. The molecular formula is C25H24N4O. The van der Waals surface area contributed by atoms with Crippen LogP contribution in [0.5, 0.6) is 0 Å². The second-order valence-corrected chi connectivity index (χ2v) is 7.88. The van der Waals surface area contributed by atoms with Gasteiger partial charge in [-0.15, -0.1) is 0 Å². The number of amides is 1. The fourth-order valence-electron chi connectivity index (χ4n) is 4.26. The van der Waals surface area contributed by atoms with E-state index < -0.39 is 0 Å². The Bertz CT molecular complexity index is 1180. The van der Waals surface area contributed by atoms with Gasteiger partial charge in [0.1, 0.15) is 5.82 Å². The Morgan fingerprint density at radius 1 is 1.03 bits per heavy atom. The number of nitrogens with two attached hydrogens (primary N) is 1. The van der Waals surface area contributed by atoms with Gasteiger partial charge in [0, 0.05) is 12.2 Å². The maximum Gasteiger partial charge on any atom is 0.227 e. The number of likely N-dealkylation sites (tertiary alicyclic amines) is 1. The first-order valence-electron chi connectivity index (χ1n) is 10.4. The highest BCUT2D eigenvalue weighted by Gasteiger charge is 2.32. The summed E-state index contributed by atoms with van der Waals surface area (Å²) in [5.74, 6) is 1.03. The van der Waals surface area contributed by atoms with Gasteiger partial charge in [0.15, 0.2) is 0 Å². The zero-order chi connectivity index (χ0) is 20.5. The highest BCUT2D eigenvalue weighted by molar-refractivity contribution is 5.83. The molecule has 1 aromatic heterocycles. The van der Waals surface area contributed by atoms with Crippen LogP contribution in [-0.4, -0.2) is 27.3 Å². The average Bonchev–Trinajstić information content (AvgIpc) is 3.41. The van der Waals surface area contributed by atoms with E-state index in [0.29, 0.717) is 6.42 Å². The Balaban J connectivity index is 1.40. The third-order valence-corrected chi connectivity index (χ3v) is 5.83. The summed E-state index contributed by atoms with van der Waals surface area (Å²) in [6.45, 7) is 0.782. The first kappa shape index (κ1) is 18.4. The minimum absolute atomic E-state index is 0.00795. The van der Waals surface area contributed by atoms with E-state index in [2.05, 4.69) is 17.1 Å². The van der Waals surface area contributed by atoms with Gasteiger partial charge >= 0.3 is 0 Å². The molecule has 5 nitrogen and oxygen atoms in total. The minimum atomic E-state index is 0.00795. The molecule has 0 spiro atoms. The summed E-state index contributed by atoms with van der Waals surface area (Å²) >= 11 is 0. The number of aromatic nitrogens is 2. The molecule has 1 aliphatic rings. The fraction of sp³-hybridized carbons (Fsp3) is 0.200. The zero-order valence-electron chi connectivity index (χ0n) is 16.7. The van der Waals surface area contributed by atoms with E-state index in [9.17, 15) is 4.79 Å². The van der Waals surface area contributed by atoms with E-state index in [1.165, 1.54) is 0 Å². The molecule has 0 saturated carbocycles. The van der Waals surface area contributed by atoms with Gasteiger partial charge in [-0.2, -0.15) is 0 Å². The van der Waals surface area contributed by atoms with Crippen molar-refractivity contribution in [1.29, 1.82) is 0 Å². The van der Waals surface area contributed by atoms with Crippen molar-refractivity contribution in [2.45, 2.75) is 25.3 Å². The van der Waals surface area contributed by atoms with Gasteiger partial charge in [-0.25, -0.2) is 4.98 Å². The van der Waals surface area contributed by atoms with Crippen molar-refractivity contribution >= 4 is 22.6 Å². The van der Waals surface area contributed by atoms with Gasteiger partial charge in [0.25, 0.3) is 0 Å². The Hall–Kier alpha value is -3.60. The van der Waals surface area contributed by atoms with E-state index in [-0.39, 0.29) is 11.9 Å². The number of benzene rings is 3. The lowest BCUT2D eigenvalue weighted by molar-refractivity contribution is -0.131. The van der Waals surface area contributed by atoms with Crippen LogP contribution in [0.15, 0.2) is 72.8 Å². The van der Waals surface area contributed by atoms with Gasteiger partial charge in [0.2, 0.25) is 5.91 Å². The normalized spacial score (nSPS) is 16.3. The van der Waals surface area contributed by atoms with Crippen LogP contribution < -0.4 is 5.73 Å². The van der Waals surface area contributed by atoms with E-state index in [0.717, 1.165) is 58.6 Å². The first-order chi connectivity index (χ1) is 14.7. The van der Waals surface area contributed by atoms with E-state index in [1.807, 2.05) is 65.6 Å². The highest BCUT2D eigenvalue weighted by Crippen LogP contribution is 2.33. The zero-order valence-corrected chi connectivity index (χ0v) is 16.7. The summed E-state index contributed by atoms with van der Waals surface area (Å²) < 4.78 is 0. The van der Waals surface area contributed by atoms with Crippen LogP contribution in [0.4, 0.5) is 5.69 Å². The third-order valence-electron chi connectivity index (χ3n) is 5.83. The number of carbonyl (C=O) groups is 1. The van der Waals surface area contributed by atoms with Crippen LogP contribution in [0, 0.1) is 0 Å². The number of nitrogen functional groups attached to an aromatic ring is 1. The molecule has 0 radical (unpaired) electrons. The Labute approximate surface area is 175 Å². The van der Waals surface area contributed by atoms with E-state index in [4.69, 9.17) is 10.7 Å². The molecule has 0 aliphatic carbocycles. The summed E-state index contributed by atoms with van der Waals surface area (Å²) in [5, 5.41) is 0. The molecule has 3 aromatic carbocycles. The van der Waals surface area contributed by atoms with Crippen molar-refractivity contribution in [3.05, 3.63) is 84.2 Å². The van der Waals surface area contributed by atoms with Gasteiger partial charge < -0.3 is 15.6 Å². The van der Waals surface area contributed by atoms with Crippen LogP contribution in [-0.2, 0) is 11.2 Å². The Morgan fingerprint density at radius 2 is 1.80 bits per heavy atom. The van der Waals surface area contributed by atoms with Gasteiger partial charge in [-0.3, -0.25) is 4.79 Å². The molecule has 4 aromatic rings. The third kappa shape index (κ3) is 3.54. The van der Waals surface area contributed by atoms with Crippen molar-refractivity contribution in [3.8, 4) is 11.1 Å². The molecule has 1 fully saturated rings. The number of hydrogen-bond acceptors (Lipinski definition) is 3. The second-order valence-electron chi connectivity index (χ2n) is 7.88. The van der Waals surface area contributed by atoms with Crippen molar-refractivity contribution in [3.63, 3.8) is 0 Å². The molecule has 1 amide bonds. The maximum absolute atomic E-state index is 13.0. The smallest absolute Gasteiger partial charge is 0.227 e. The average molecular weight is 396 g/mol. The molecule has 2 heterocycles. The predicted octanol–water partition coefficient (Wildman–Crippen LogP) is 4.72. The number of nitrogens with zero attached hydrogens (tertiary/aromatic N) is 2. The lowest BCUT2D eigenvalue weighted by atomic mass is 10.0. The van der Waals surface area contributed by atoms with Crippen LogP contribution in [0.1, 0.15) is 30.3 Å². The number of rotatable bonds is 4. The second kappa shape index (κ2) is 7.67. The topological polar surface area (TPSA) is 75.0 Å². The minimum Gasteiger partial charge on any atom is -0.399 e. The number of aromatic amines is 1. The number of imidazole rings is 1. The molecule has 3 N–H and O–H groups in total. The summed E-state index contributed by atoms with van der Waals surface area (Å²) in [4.78, 5) is 23.2. The van der Waals surface area contributed by atoms with Crippen molar-refractivity contribution in [2.75, 3.05) is 12.3 Å². The standard InChI is InChI=1S/C25H24N4O/c26-20-11-8-18(9-12-20)19-10-13-21-22(16-19)28-25(27-21)23-7-4-14-29(23)24(30)15-17-5-2-1-3-6-17/h1-3,5-6,8-13,16,23H,4,7,14-15,26H2,(H,27,28)/t23-/m0/s1. The van der Waals surface area contributed by atoms with Crippen LogP contribution in [0.2, 0.25) is 0 Å². The van der Waals surface area contributed by atoms with Gasteiger partial charge in [-0.05, 0) is 53.8 Å². The van der Waals surface area contributed by atoms with Crippen molar-refractivity contribution in [1.82, 2.24) is 14.9 Å². The van der Waals surface area contributed by atoms with Crippen molar-refractivity contribution < 1.29 is 4.79 Å². The largest absolute Gasteiger partial charge is 0.399 e. The van der Waals surface area contributed by atoms with Gasteiger partial charge in [0.05, 0.1) is 23.5 Å². The molecule has 1 aliphatic heterocycles. The van der Waals surface area contributed by atoms with Crippen LogP contribution >= 0.6 is 0 Å². The van der Waals surface area contributed by atoms with Crippen molar-refractivity contribution in [2.24, 2.45) is 0 Å². The molecule has 0 bridgehead atoms. The summed E-state index contributed by atoms with van der Waals surface area (Å²) in [5.41, 5.74) is 11.7. The fourth-order valence-corrected chi connectivity index (χ4v) is 4.26. The maximum atomic E-state index is 13.0. The predicted molar refractivity (Wildman–Crippen MR) is 120 cm³/mol. The van der Waals surface area contributed by atoms with Gasteiger partial charge in [-0.1, -0.05) is 48.5 Å². The lowest BCUT2D eigenvalue weighted by Gasteiger charge is -2.23. The quantitative estimate of drug-likeness (QED) is 0.490. The number of H-pyrrole nitrogens is 1. The Morgan fingerprint density at radius 3 is 2.60 bits per heavy atom. The molecule has 5 heteroatoms. The molecule has 1 atom stereocenters. The SMILES string of the molecule is Nc1ccc(-c2ccc3nc([C@@H]4CCCN4C(=O)Cc4ccccc4)[nH]c3c2)cc1. The number of fused-ring (bicyclic) bond motifs is 1. The lowest BCUT2D eigenvalue weighted by Crippen LogP contribution is -2.32. The molecule has 5 rings (SSSR count).